The van der Waals surface area contributed by atoms with Gasteiger partial charge in [0.15, 0.2) is 6.23 Å². The molecule has 6 unspecified atom stereocenters. The van der Waals surface area contributed by atoms with Crippen LogP contribution in [0.5, 0.6) is 0 Å². The van der Waals surface area contributed by atoms with E-state index in [2.05, 4.69) is 18.1 Å². The molecule has 2 heterocycles. The van der Waals surface area contributed by atoms with Gasteiger partial charge in [-0.3, -0.25) is 9.09 Å². The Kier molecular flexibility index (Phi) is 8.89. The molecule has 0 spiro atoms. The summed E-state index contributed by atoms with van der Waals surface area (Å²) in [5.74, 6) is -0.154. The Morgan fingerprint density at radius 1 is 1.12 bits per heavy atom. The van der Waals surface area contributed by atoms with Gasteiger partial charge in [0, 0.05) is 18.3 Å². The van der Waals surface area contributed by atoms with E-state index in [4.69, 9.17) is 30.9 Å². The van der Waals surface area contributed by atoms with Gasteiger partial charge in [-0.25, -0.2) is 18.5 Å². The van der Waals surface area contributed by atoms with E-state index in [1.807, 2.05) is 0 Å². The number of aliphatic hydroxyl groups is 2. The van der Waals surface area contributed by atoms with Gasteiger partial charge in [0.25, 0.3) is 0 Å². The second kappa shape index (κ2) is 10.5. The maximum Gasteiger partial charge on any atom is 0.490 e. The summed E-state index contributed by atoms with van der Waals surface area (Å²) in [4.78, 5) is 51.3. The van der Waals surface area contributed by atoms with Crippen molar-refractivity contribution in [3.63, 3.8) is 0 Å². The van der Waals surface area contributed by atoms with Crippen LogP contribution in [0.2, 0.25) is 0 Å². The average Bonchev–Trinajstić information content (AvgIpc) is 2.91. The maximum absolute atomic E-state index is 12.2. The van der Waals surface area contributed by atoms with Gasteiger partial charge in [-0.05, 0) is 0 Å². The third-order valence-electron chi connectivity index (χ3n) is 3.87. The highest BCUT2D eigenvalue weighted by Crippen LogP contribution is 2.66. The van der Waals surface area contributed by atoms with Crippen molar-refractivity contribution in [2.45, 2.75) is 24.5 Å². The molecule has 0 aromatic carbocycles. The van der Waals surface area contributed by atoms with Gasteiger partial charge in [-0.1, -0.05) is 12.2 Å². The van der Waals surface area contributed by atoms with E-state index < -0.39 is 60.3 Å². The number of hydrogen-bond donors (Lipinski definition) is 8. The summed E-state index contributed by atoms with van der Waals surface area (Å²) in [7, 11) is -16.8. The van der Waals surface area contributed by atoms with Crippen molar-refractivity contribution in [1.29, 1.82) is 0 Å². The maximum atomic E-state index is 12.2. The number of rotatable bonds is 10. The molecule has 1 aromatic rings. The average molecular weight is 538 g/mol. The van der Waals surface area contributed by atoms with E-state index in [1.165, 1.54) is 12.2 Å². The summed E-state index contributed by atoms with van der Waals surface area (Å²) in [6.45, 7) is -0.905. The normalized spacial score (nSPS) is 27.5. The second-order valence-electron chi connectivity index (χ2n) is 6.34. The highest BCUT2D eigenvalue weighted by molar-refractivity contribution is 7.66. The number of nitrogen functional groups attached to an aromatic ring is 1. The van der Waals surface area contributed by atoms with Crippen molar-refractivity contribution >= 4 is 35.4 Å². The lowest BCUT2D eigenvalue weighted by atomic mass is 10.1. The van der Waals surface area contributed by atoms with Crippen molar-refractivity contribution in [3.8, 4) is 0 Å². The van der Waals surface area contributed by atoms with Crippen molar-refractivity contribution in [2.75, 3.05) is 18.9 Å². The van der Waals surface area contributed by atoms with Crippen LogP contribution in [0.3, 0.4) is 0 Å². The molecular weight excluding hydrogens is 517 g/mol. The highest BCUT2D eigenvalue weighted by Gasteiger charge is 2.46. The summed E-state index contributed by atoms with van der Waals surface area (Å²) < 4.78 is 51.3. The molecule has 2 rings (SSSR count). The number of aliphatic hydroxyl groups excluding tert-OH is 2. The van der Waals surface area contributed by atoms with E-state index >= 15 is 0 Å². The minimum Gasteiger partial charge on any atom is -0.387 e. The first kappa shape index (κ1) is 27.9. The molecule has 0 radical (unpaired) electrons. The smallest absolute Gasteiger partial charge is 0.387 e. The van der Waals surface area contributed by atoms with Crippen LogP contribution in [-0.2, 0) is 31.6 Å². The van der Waals surface area contributed by atoms with Crippen molar-refractivity contribution in [2.24, 2.45) is 5.73 Å². The molecule has 0 amide bonds. The number of nitrogens with two attached hydrogens (primary N) is 2. The Morgan fingerprint density at radius 3 is 2.33 bits per heavy atom. The lowest BCUT2D eigenvalue weighted by Gasteiger charge is -2.19. The van der Waals surface area contributed by atoms with Crippen LogP contribution in [0.1, 0.15) is 11.8 Å². The predicted octanol–water partition coefficient (Wildman–Crippen LogP) is -2.24. The van der Waals surface area contributed by atoms with Gasteiger partial charge in [0.05, 0.1) is 6.61 Å². The first-order valence-electron chi connectivity index (χ1n) is 8.60. The Balaban J connectivity index is 2.14. The summed E-state index contributed by atoms with van der Waals surface area (Å²) in [5, 5.41) is 20.4. The Morgan fingerprint density at radius 2 is 1.76 bits per heavy atom. The molecule has 0 aliphatic carbocycles. The number of ether oxygens (including phenoxy) is 1. The largest absolute Gasteiger partial charge is 0.490 e. The minimum absolute atomic E-state index is 0.141. The molecule has 33 heavy (non-hydrogen) atoms. The molecule has 21 heteroatoms. The van der Waals surface area contributed by atoms with Gasteiger partial charge in [0.2, 0.25) is 0 Å². The third kappa shape index (κ3) is 7.85. The molecule has 18 nitrogen and oxygen atoms in total. The molecule has 0 saturated carbocycles. The van der Waals surface area contributed by atoms with Crippen LogP contribution < -0.4 is 17.2 Å². The Labute approximate surface area is 184 Å². The molecular formula is C12H21N4O14P3. The quantitative estimate of drug-likeness (QED) is 0.146. The van der Waals surface area contributed by atoms with Gasteiger partial charge in [-0.15, -0.1) is 0 Å². The van der Waals surface area contributed by atoms with Crippen LogP contribution in [0, 0.1) is 0 Å². The topological polar surface area (TPSA) is 296 Å². The zero-order valence-corrected chi connectivity index (χ0v) is 19.0. The zero-order valence-electron chi connectivity index (χ0n) is 16.3. The van der Waals surface area contributed by atoms with Gasteiger partial charge in [0.1, 0.15) is 24.1 Å². The fourth-order valence-corrected chi connectivity index (χ4v) is 5.60. The van der Waals surface area contributed by atoms with Crippen molar-refractivity contribution < 1.29 is 61.4 Å². The van der Waals surface area contributed by atoms with E-state index in [0.29, 0.717) is 0 Å². The molecule has 10 N–H and O–H groups in total. The lowest BCUT2D eigenvalue weighted by molar-refractivity contribution is -0.0541. The van der Waals surface area contributed by atoms with E-state index in [-0.39, 0.29) is 17.9 Å². The minimum atomic E-state index is -5.75. The van der Waals surface area contributed by atoms with E-state index in [0.717, 1.165) is 10.8 Å². The first-order valence-corrected chi connectivity index (χ1v) is 13.1. The molecule has 1 aliphatic rings. The van der Waals surface area contributed by atoms with Crippen LogP contribution in [0.4, 0.5) is 5.82 Å². The number of aromatic nitrogens is 2. The summed E-state index contributed by atoms with van der Waals surface area (Å²) in [6, 6.07) is 0. The Hall–Kier alpha value is -1.33. The number of phosphoric acid groups is 3. The predicted molar refractivity (Wildman–Crippen MR) is 107 cm³/mol. The first-order chi connectivity index (χ1) is 15.1. The van der Waals surface area contributed by atoms with Gasteiger partial charge in [-0.2, -0.15) is 13.6 Å². The SMILES string of the molecule is NC/C=C/c1cn(C2OC(COP(=O)(O)OP(=O)(O)OP(=O)(O)O)C(O)C2O)c(=O)nc1N. The summed E-state index contributed by atoms with van der Waals surface area (Å²) >= 11 is 0. The van der Waals surface area contributed by atoms with Crippen molar-refractivity contribution in [3.05, 3.63) is 28.3 Å². The number of anilines is 1. The molecule has 6 atom stereocenters. The molecule has 1 aliphatic heterocycles. The van der Waals surface area contributed by atoms with E-state index in [9.17, 15) is 33.6 Å². The van der Waals surface area contributed by atoms with Gasteiger partial charge < -0.3 is 46.0 Å². The fraction of sp³-hybridized carbons (Fsp3) is 0.500. The lowest BCUT2D eigenvalue weighted by Crippen LogP contribution is -2.36. The van der Waals surface area contributed by atoms with Crippen LogP contribution >= 0.6 is 23.5 Å². The number of phosphoric ester groups is 1. The van der Waals surface area contributed by atoms with Crippen LogP contribution in [0.25, 0.3) is 6.08 Å². The summed E-state index contributed by atoms with van der Waals surface area (Å²) in [6.07, 6.45) is -2.62. The Bertz CT molecular complexity index is 1090. The van der Waals surface area contributed by atoms with Crippen LogP contribution in [-0.4, -0.2) is 70.8 Å². The van der Waals surface area contributed by atoms with Crippen LogP contribution in [0.15, 0.2) is 17.1 Å². The highest BCUT2D eigenvalue weighted by atomic mass is 31.3. The third-order valence-corrected chi connectivity index (χ3v) is 7.68. The molecule has 1 saturated heterocycles. The standard InChI is InChI=1S/C12H21N4O14P3/c13-3-1-2-6-4-16(12(19)15-10(6)14)11-9(18)8(17)7(28-11)5-27-32(23,24)30-33(25,26)29-31(20,21)22/h1-2,4,7-9,11,17-18H,3,5,13H2,(H,23,24)(H,25,26)(H2,14,15,19)(H2,20,21,22)/b2-1+. The second-order valence-corrected chi connectivity index (χ2v) is 10.8. The van der Waals surface area contributed by atoms with Gasteiger partial charge >= 0.3 is 29.2 Å². The number of hydrogen-bond acceptors (Lipinski definition) is 13. The molecule has 1 fully saturated rings. The monoisotopic (exact) mass is 538 g/mol. The molecule has 188 valence electrons. The zero-order chi connectivity index (χ0) is 25.2. The molecule has 0 bridgehead atoms. The summed E-state index contributed by atoms with van der Waals surface area (Å²) in [5.41, 5.74) is 10.2. The van der Waals surface area contributed by atoms with E-state index in [1.54, 1.807) is 0 Å². The van der Waals surface area contributed by atoms with Crippen molar-refractivity contribution in [1.82, 2.24) is 9.55 Å². The molecule has 1 aromatic heterocycles. The fourth-order valence-electron chi connectivity index (χ4n) is 2.57. The number of nitrogens with zero attached hydrogens (tertiary/aromatic N) is 2.